The molecule has 0 aliphatic heterocycles. The number of rotatable bonds is 6. The minimum atomic E-state index is -0.125. The molecule has 0 saturated heterocycles. The van der Waals surface area contributed by atoms with E-state index in [0.29, 0.717) is 11.3 Å². The molecule has 1 atom stereocenters. The molecular weight excluding hydrogens is 288 g/mol. The number of carbonyl (C=O) groups is 1. The number of thiazole rings is 1. The van der Waals surface area contributed by atoms with Gasteiger partial charge in [-0.2, -0.15) is 5.10 Å². The summed E-state index contributed by atoms with van der Waals surface area (Å²) < 4.78 is 1.71. The monoisotopic (exact) mass is 308 g/mol. The number of amides is 1. The van der Waals surface area contributed by atoms with Gasteiger partial charge in [-0.25, -0.2) is 4.98 Å². The summed E-state index contributed by atoms with van der Waals surface area (Å²) in [6.07, 6.45) is 4.97. The number of aliphatic hydroxyl groups is 1. The van der Waals surface area contributed by atoms with Crippen molar-refractivity contribution in [2.24, 2.45) is 7.05 Å². The molecule has 2 heterocycles. The summed E-state index contributed by atoms with van der Waals surface area (Å²) >= 11 is 1.37. The van der Waals surface area contributed by atoms with Gasteiger partial charge >= 0.3 is 0 Å². The third-order valence-electron chi connectivity index (χ3n) is 3.26. The van der Waals surface area contributed by atoms with Crippen molar-refractivity contribution in [2.45, 2.75) is 32.7 Å². The predicted molar refractivity (Wildman–Crippen MR) is 82.3 cm³/mol. The van der Waals surface area contributed by atoms with Crippen molar-refractivity contribution in [3.63, 3.8) is 0 Å². The lowest BCUT2D eigenvalue weighted by Gasteiger charge is -2.14. The van der Waals surface area contributed by atoms with Crippen LogP contribution >= 0.6 is 11.3 Å². The molecule has 114 valence electrons. The molecule has 0 radical (unpaired) electrons. The van der Waals surface area contributed by atoms with Gasteiger partial charge in [-0.3, -0.25) is 9.48 Å². The highest BCUT2D eigenvalue weighted by Gasteiger charge is 2.19. The van der Waals surface area contributed by atoms with E-state index in [9.17, 15) is 4.79 Å². The first kappa shape index (κ1) is 15.7. The Balaban J connectivity index is 2.16. The van der Waals surface area contributed by atoms with Gasteiger partial charge in [0, 0.05) is 31.5 Å². The van der Waals surface area contributed by atoms with Gasteiger partial charge < -0.3 is 10.4 Å². The van der Waals surface area contributed by atoms with E-state index < -0.39 is 0 Å². The molecule has 0 fully saturated rings. The van der Waals surface area contributed by atoms with Crippen molar-refractivity contribution >= 4 is 17.2 Å². The average Bonchev–Trinajstić information content (AvgIpc) is 3.04. The Bertz CT molecular complexity index is 620. The van der Waals surface area contributed by atoms with E-state index in [4.69, 9.17) is 5.11 Å². The van der Waals surface area contributed by atoms with Crippen molar-refractivity contribution in [2.75, 3.05) is 6.61 Å². The fourth-order valence-corrected chi connectivity index (χ4v) is 2.99. The normalized spacial score (nSPS) is 12.4. The zero-order valence-corrected chi connectivity index (χ0v) is 13.3. The van der Waals surface area contributed by atoms with Crippen LogP contribution in [0.4, 0.5) is 0 Å². The van der Waals surface area contributed by atoms with Gasteiger partial charge in [-0.1, -0.05) is 6.92 Å². The molecule has 6 nitrogen and oxygen atoms in total. The molecule has 0 saturated carbocycles. The Morgan fingerprint density at radius 1 is 1.57 bits per heavy atom. The van der Waals surface area contributed by atoms with Gasteiger partial charge in [0.05, 0.1) is 11.9 Å². The average molecular weight is 308 g/mol. The summed E-state index contributed by atoms with van der Waals surface area (Å²) in [5.41, 5.74) is 1.63. The molecule has 2 aromatic heterocycles. The number of hydrogen-bond donors (Lipinski definition) is 2. The molecule has 1 amide bonds. The minimum Gasteiger partial charge on any atom is -0.396 e. The van der Waals surface area contributed by atoms with Gasteiger partial charge in [0.15, 0.2) is 0 Å². The van der Waals surface area contributed by atoms with Gasteiger partial charge in [0.25, 0.3) is 5.91 Å². The second-order valence-corrected chi connectivity index (χ2v) is 5.93. The van der Waals surface area contributed by atoms with Crippen LogP contribution < -0.4 is 5.32 Å². The summed E-state index contributed by atoms with van der Waals surface area (Å²) in [7, 11) is 1.85. The van der Waals surface area contributed by atoms with Crippen LogP contribution in [0.1, 0.15) is 35.1 Å². The Hall–Kier alpha value is -1.73. The molecule has 7 heteroatoms. The summed E-state index contributed by atoms with van der Waals surface area (Å²) in [5, 5.41) is 16.8. The van der Waals surface area contributed by atoms with E-state index in [0.717, 1.165) is 22.7 Å². The van der Waals surface area contributed by atoms with Crippen LogP contribution in [0.15, 0.2) is 12.4 Å². The van der Waals surface area contributed by atoms with Crippen LogP contribution in [0.3, 0.4) is 0 Å². The van der Waals surface area contributed by atoms with Crippen LogP contribution in [-0.2, 0) is 7.05 Å². The van der Waals surface area contributed by atoms with E-state index in [1.54, 1.807) is 10.9 Å². The van der Waals surface area contributed by atoms with Crippen molar-refractivity contribution in [1.82, 2.24) is 20.1 Å². The van der Waals surface area contributed by atoms with E-state index in [1.807, 2.05) is 27.1 Å². The first-order valence-corrected chi connectivity index (χ1v) is 7.75. The first-order chi connectivity index (χ1) is 10.0. The molecule has 1 unspecified atom stereocenters. The third-order valence-corrected chi connectivity index (χ3v) is 4.47. The number of aryl methyl sites for hydroxylation is 2. The molecule has 21 heavy (non-hydrogen) atoms. The number of aliphatic hydroxyl groups excluding tert-OH is 1. The Kier molecular flexibility index (Phi) is 5.08. The molecule has 0 bridgehead atoms. The maximum Gasteiger partial charge on any atom is 0.263 e. The number of carbonyl (C=O) groups excluding carboxylic acids is 1. The zero-order chi connectivity index (χ0) is 15.4. The highest BCUT2D eigenvalue weighted by atomic mass is 32.1. The SMILES string of the molecule is CCC(CCO)NC(=O)c1sc(-c2cnn(C)c2)nc1C. The summed E-state index contributed by atoms with van der Waals surface area (Å²) in [6, 6.07) is -0.00848. The van der Waals surface area contributed by atoms with Crippen LogP contribution in [-0.4, -0.2) is 38.4 Å². The van der Waals surface area contributed by atoms with Gasteiger partial charge in [0.2, 0.25) is 0 Å². The smallest absolute Gasteiger partial charge is 0.263 e. The Morgan fingerprint density at radius 3 is 2.90 bits per heavy atom. The Morgan fingerprint density at radius 2 is 2.33 bits per heavy atom. The van der Waals surface area contributed by atoms with Gasteiger partial charge in [-0.05, 0) is 19.8 Å². The van der Waals surface area contributed by atoms with Crippen LogP contribution in [0, 0.1) is 6.92 Å². The van der Waals surface area contributed by atoms with Gasteiger partial charge in [-0.15, -0.1) is 11.3 Å². The lowest BCUT2D eigenvalue weighted by atomic mass is 10.1. The maximum atomic E-state index is 12.3. The lowest BCUT2D eigenvalue weighted by molar-refractivity contribution is 0.0932. The highest BCUT2D eigenvalue weighted by molar-refractivity contribution is 7.17. The number of nitrogens with one attached hydrogen (secondary N) is 1. The maximum absolute atomic E-state index is 12.3. The van der Waals surface area contributed by atoms with Crippen molar-refractivity contribution < 1.29 is 9.90 Å². The summed E-state index contributed by atoms with van der Waals surface area (Å²) in [4.78, 5) is 17.4. The van der Waals surface area contributed by atoms with E-state index in [-0.39, 0.29) is 18.6 Å². The van der Waals surface area contributed by atoms with Gasteiger partial charge in [0.1, 0.15) is 9.88 Å². The fourth-order valence-electron chi connectivity index (χ4n) is 2.05. The predicted octanol–water partition coefficient (Wildman–Crippen LogP) is 1.74. The molecular formula is C14H20N4O2S. The van der Waals surface area contributed by atoms with Crippen molar-refractivity contribution in [3.05, 3.63) is 23.0 Å². The Labute approximate surface area is 127 Å². The summed E-state index contributed by atoms with van der Waals surface area (Å²) in [5.74, 6) is -0.125. The van der Waals surface area contributed by atoms with Crippen molar-refractivity contribution in [1.29, 1.82) is 0 Å². The number of nitrogens with zero attached hydrogens (tertiary/aromatic N) is 3. The second-order valence-electron chi connectivity index (χ2n) is 4.93. The second kappa shape index (κ2) is 6.82. The van der Waals surface area contributed by atoms with Crippen molar-refractivity contribution in [3.8, 4) is 10.6 Å². The minimum absolute atomic E-state index is 0.00848. The fraction of sp³-hybridized carbons (Fsp3) is 0.500. The van der Waals surface area contributed by atoms with Crippen LogP contribution in [0.2, 0.25) is 0 Å². The zero-order valence-electron chi connectivity index (χ0n) is 12.5. The third kappa shape index (κ3) is 3.68. The standard InChI is InChI=1S/C14H20N4O2S/c1-4-11(5-6-19)17-13(20)12-9(2)16-14(21-12)10-7-15-18(3)8-10/h7-8,11,19H,4-6H2,1-3H3,(H,17,20). The first-order valence-electron chi connectivity index (χ1n) is 6.93. The number of hydrogen-bond acceptors (Lipinski definition) is 5. The van der Waals surface area contributed by atoms with E-state index >= 15 is 0 Å². The molecule has 0 spiro atoms. The molecule has 2 rings (SSSR count). The highest BCUT2D eigenvalue weighted by Crippen LogP contribution is 2.27. The summed E-state index contributed by atoms with van der Waals surface area (Å²) in [6.45, 7) is 3.89. The molecule has 0 aliphatic carbocycles. The van der Waals surface area contributed by atoms with Crippen LogP contribution in [0.25, 0.3) is 10.6 Å². The molecule has 2 aromatic rings. The largest absolute Gasteiger partial charge is 0.396 e. The quantitative estimate of drug-likeness (QED) is 0.852. The topological polar surface area (TPSA) is 80.0 Å². The molecule has 0 aliphatic rings. The van der Waals surface area contributed by atoms with E-state index in [1.165, 1.54) is 11.3 Å². The lowest BCUT2D eigenvalue weighted by Crippen LogP contribution is -2.34. The van der Waals surface area contributed by atoms with E-state index in [2.05, 4.69) is 15.4 Å². The number of aromatic nitrogens is 3. The molecule has 0 aromatic carbocycles. The van der Waals surface area contributed by atoms with Crippen LogP contribution in [0.5, 0.6) is 0 Å². The molecule has 2 N–H and O–H groups in total.